The number of carboxylic acid groups (broad SMARTS) is 1. The Morgan fingerprint density at radius 1 is 1.25 bits per heavy atom. The molecule has 0 spiro atoms. The average Bonchev–Trinajstić information content (AvgIpc) is 2.50. The molecule has 0 aromatic heterocycles. The highest BCUT2D eigenvalue weighted by atomic mass is 16.4. The summed E-state index contributed by atoms with van der Waals surface area (Å²) in [6.07, 6.45) is -2.67. The lowest BCUT2D eigenvalue weighted by atomic mass is 9.84. The highest BCUT2D eigenvalue weighted by Gasteiger charge is 2.52. The number of aliphatic hydroxyl groups is 3. The molecule has 0 unspecified atom stereocenters. The van der Waals surface area contributed by atoms with E-state index in [2.05, 4.69) is 0 Å². The van der Waals surface area contributed by atoms with Crippen LogP contribution in [0.15, 0.2) is 0 Å². The van der Waals surface area contributed by atoms with Gasteiger partial charge in [-0.05, 0) is 13.3 Å². The molecule has 0 aromatic carbocycles. The zero-order valence-corrected chi connectivity index (χ0v) is 9.02. The van der Waals surface area contributed by atoms with Crippen molar-refractivity contribution in [3.63, 3.8) is 0 Å². The quantitative estimate of drug-likeness (QED) is 0.427. The third-order valence-electron chi connectivity index (χ3n) is 3.84. The largest absolute Gasteiger partial charge is 0.481 e. The highest BCUT2D eigenvalue weighted by molar-refractivity contribution is 5.71. The lowest BCUT2D eigenvalue weighted by molar-refractivity contribution is -0.151. The van der Waals surface area contributed by atoms with Gasteiger partial charge in [0.15, 0.2) is 0 Å². The van der Waals surface area contributed by atoms with Crippen LogP contribution >= 0.6 is 0 Å². The first-order valence-corrected chi connectivity index (χ1v) is 5.46. The van der Waals surface area contributed by atoms with E-state index in [1.54, 1.807) is 11.8 Å². The minimum Gasteiger partial charge on any atom is -0.481 e. The molecule has 6 heteroatoms. The maximum absolute atomic E-state index is 11.0. The summed E-state index contributed by atoms with van der Waals surface area (Å²) in [5.74, 6) is -1.59. The number of hydrogen-bond donors (Lipinski definition) is 4. The maximum atomic E-state index is 11.0. The molecule has 2 aliphatic rings. The molecule has 0 amide bonds. The molecule has 0 saturated carbocycles. The van der Waals surface area contributed by atoms with E-state index < -0.39 is 36.2 Å². The summed E-state index contributed by atoms with van der Waals surface area (Å²) in [6, 6.07) is -0.821. The second-order valence-corrected chi connectivity index (χ2v) is 4.73. The summed E-state index contributed by atoms with van der Waals surface area (Å²) in [7, 11) is 0. The van der Waals surface area contributed by atoms with Gasteiger partial charge in [-0.2, -0.15) is 0 Å². The molecule has 6 nitrogen and oxygen atoms in total. The third-order valence-corrected chi connectivity index (χ3v) is 3.84. The average molecular weight is 231 g/mol. The van der Waals surface area contributed by atoms with E-state index in [0.717, 1.165) is 0 Å². The standard InChI is InChI=1S/C10H17NO5/c1-4-5(10(15)16)2-6(12)8-9(14)7(13)3-11(4)8/h4-9,12-14H,2-3H2,1H3,(H,15,16)/t4-,5-,6-,7+,8+,9-/m0/s1. The fourth-order valence-corrected chi connectivity index (χ4v) is 2.89. The van der Waals surface area contributed by atoms with E-state index >= 15 is 0 Å². The minimum atomic E-state index is -0.993. The van der Waals surface area contributed by atoms with Crippen molar-refractivity contribution in [2.24, 2.45) is 5.92 Å². The molecule has 2 fully saturated rings. The van der Waals surface area contributed by atoms with Crippen LogP contribution in [0.3, 0.4) is 0 Å². The van der Waals surface area contributed by atoms with Crippen LogP contribution in [-0.4, -0.2) is 68.2 Å². The van der Waals surface area contributed by atoms with Crippen molar-refractivity contribution in [1.82, 2.24) is 4.90 Å². The number of carboxylic acids is 1. The topological polar surface area (TPSA) is 101 Å². The van der Waals surface area contributed by atoms with Gasteiger partial charge in [0.2, 0.25) is 0 Å². The van der Waals surface area contributed by atoms with Crippen molar-refractivity contribution >= 4 is 5.97 Å². The predicted octanol–water partition coefficient (Wildman–Crippen LogP) is -1.75. The van der Waals surface area contributed by atoms with Gasteiger partial charge in [-0.3, -0.25) is 9.69 Å². The molecule has 0 radical (unpaired) electrons. The Morgan fingerprint density at radius 3 is 2.44 bits per heavy atom. The van der Waals surface area contributed by atoms with Crippen LogP contribution < -0.4 is 0 Å². The van der Waals surface area contributed by atoms with E-state index in [1.165, 1.54) is 0 Å². The number of nitrogens with zero attached hydrogens (tertiary/aromatic N) is 1. The van der Waals surface area contributed by atoms with Gasteiger partial charge >= 0.3 is 5.97 Å². The maximum Gasteiger partial charge on any atom is 0.308 e. The number of piperidine rings is 1. The lowest BCUT2D eigenvalue weighted by Gasteiger charge is -2.42. The van der Waals surface area contributed by atoms with Crippen molar-refractivity contribution < 1.29 is 25.2 Å². The van der Waals surface area contributed by atoms with E-state index in [1.807, 2.05) is 0 Å². The lowest BCUT2D eigenvalue weighted by Crippen LogP contribution is -2.57. The summed E-state index contributed by atoms with van der Waals surface area (Å²) in [5.41, 5.74) is 0. The zero-order valence-electron chi connectivity index (χ0n) is 9.02. The van der Waals surface area contributed by atoms with Gasteiger partial charge in [0.05, 0.1) is 30.3 Å². The van der Waals surface area contributed by atoms with Gasteiger partial charge < -0.3 is 20.4 Å². The first kappa shape index (κ1) is 11.8. The van der Waals surface area contributed by atoms with Gasteiger partial charge in [0.1, 0.15) is 0 Å². The fraction of sp³-hybridized carbons (Fsp3) is 0.900. The molecule has 6 atom stereocenters. The molecular formula is C10H17NO5. The van der Waals surface area contributed by atoms with Crippen LogP contribution in [-0.2, 0) is 4.79 Å². The predicted molar refractivity (Wildman–Crippen MR) is 53.7 cm³/mol. The first-order chi connectivity index (χ1) is 7.43. The Kier molecular flexibility index (Phi) is 2.91. The molecule has 16 heavy (non-hydrogen) atoms. The molecule has 92 valence electrons. The molecule has 2 aliphatic heterocycles. The van der Waals surface area contributed by atoms with Crippen molar-refractivity contribution in [2.75, 3.05) is 6.54 Å². The molecule has 2 heterocycles. The summed E-state index contributed by atoms with van der Waals surface area (Å²) in [6.45, 7) is 1.97. The van der Waals surface area contributed by atoms with Gasteiger partial charge in [-0.15, -0.1) is 0 Å². The number of aliphatic carboxylic acids is 1. The van der Waals surface area contributed by atoms with Crippen molar-refractivity contribution in [2.45, 2.75) is 43.7 Å². The Morgan fingerprint density at radius 2 is 1.88 bits per heavy atom. The van der Waals surface area contributed by atoms with Gasteiger partial charge in [0.25, 0.3) is 0 Å². The highest BCUT2D eigenvalue weighted by Crippen LogP contribution is 2.35. The smallest absolute Gasteiger partial charge is 0.308 e. The molecule has 2 saturated heterocycles. The van der Waals surface area contributed by atoms with Crippen LogP contribution in [0.4, 0.5) is 0 Å². The van der Waals surface area contributed by atoms with Crippen molar-refractivity contribution in [1.29, 1.82) is 0 Å². The van der Waals surface area contributed by atoms with E-state index in [4.69, 9.17) is 5.11 Å². The van der Waals surface area contributed by atoms with E-state index in [0.29, 0.717) is 0 Å². The second kappa shape index (κ2) is 3.96. The Labute approximate surface area is 93.1 Å². The number of aliphatic hydroxyl groups excluding tert-OH is 3. The summed E-state index contributed by atoms with van der Waals surface area (Å²) < 4.78 is 0. The first-order valence-electron chi connectivity index (χ1n) is 5.46. The number of rotatable bonds is 1. The van der Waals surface area contributed by atoms with Crippen LogP contribution in [0.2, 0.25) is 0 Å². The fourth-order valence-electron chi connectivity index (χ4n) is 2.89. The van der Waals surface area contributed by atoms with Gasteiger partial charge in [-0.1, -0.05) is 0 Å². The van der Waals surface area contributed by atoms with Crippen LogP contribution in [0, 0.1) is 5.92 Å². The third kappa shape index (κ3) is 1.62. The monoisotopic (exact) mass is 231 g/mol. The summed E-state index contributed by atoms with van der Waals surface area (Å²) in [5, 5.41) is 38.1. The zero-order chi connectivity index (χ0) is 12.0. The summed E-state index contributed by atoms with van der Waals surface area (Å²) in [4.78, 5) is 12.7. The minimum absolute atomic E-state index is 0.126. The SMILES string of the molecule is C[C@H]1[C@@H](C(=O)O)C[C@H](O)[C@@H]2[C@@H](O)[C@H](O)CN21. The van der Waals surface area contributed by atoms with E-state index in [9.17, 15) is 20.1 Å². The van der Waals surface area contributed by atoms with E-state index in [-0.39, 0.29) is 19.0 Å². The summed E-state index contributed by atoms with van der Waals surface area (Å²) >= 11 is 0. The molecule has 0 bridgehead atoms. The van der Waals surface area contributed by atoms with Crippen LogP contribution in [0.25, 0.3) is 0 Å². The Bertz CT molecular complexity index is 297. The van der Waals surface area contributed by atoms with Gasteiger partial charge in [-0.25, -0.2) is 0 Å². The number of fused-ring (bicyclic) bond motifs is 1. The van der Waals surface area contributed by atoms with Crippen LogP contribution in [0.1, 0.15) is 13.3 Å². The number of hydrogen-bond acceptors (Lipinski definition) is 5. The van der Waals surface area contributed by atoms with Gasteiger partial charge in [0, 0.05) is 12.6 Å². The molecule has 0 aliphatic carbocycles. The normalized spacial score (nSPS) is 49.0. The second-order valence-electron chi connectivity index (χ2n) is 4.73. The number of carbonyl (C=O) groups is 1. The Hall–Kier alpha value is -0.690. The van der Waals surface area contributed by atoms with Crippen molar-refractivity contribution in [3.8, 4) is 0 Å². The molecule has 4 N–H and O–H groups in total. The van der Waals surface area contributed by atoms with Crippen molar-refractivity contribution in [3.05, 3.63) is 0 Å². The molecule has 0 aromatic rings. The Balaban J connectivity index is 2.22. The molecular weight excluding hydrogens is 214 g/mol. The molecule has 2 rings (SSSR count). The van der Waals surface area contributed by atoms with Crippen LogP contribution in [0.5, 0.6) is 0 Å².